The fourth-order valence-electron chi connectivity index (χ4n) is 4.66. The fraction of sp³-hybridized carbons (Fsp3) is 0.367. The summed E-state index contributed by atoms with van der Waals surface area (Å²) in [5.74, 6) is 0.0827. The standard InChI is InChI=1S/C30H33F4N3O4S/c1-19(2)17-35-18-20-6-11-25-26(12-13-41-28(25)14-20)36-29(38)16-27(21-7-9-23(31)10-8-21)37-42(39,40)24-5-3-4-22(15-24)30(32,33)34/h3-11,14-15,19,26-27,35,37H,12-13,16-18H2,1-2H3,(H,36,38). The van der Waals surface area contributed by atoms with E-state index in [9.17, 15) is 30.8 Å². The summed E-state index contributed by atoms with van der Waals surface area (Å²) in [5, 5.41) is 6.30. The highest BCUT2D eigenvalue weighted by molar-refractivity contribution is 7.89. The SMILES string of the molecule is CC(C)CNCc1ccc2c(c1)OCCC2NC(=O)CC(NS(=O)(=O)c1cccc(C(F)(F)F)c1)c1ccc(F)cc1. The van der Waals surface area contributed by atoms with Crippen LogP contribution >= 0.6 is 0 Å². The minimum Gasteiger partial charge on any atom is -0.493 e. The summed E-state index contributed by atoms with van der Waals surface area (Å²) in [6, 6.07) is 12.4. The van der Waals surface area contributed by atoms with Gasteiger partial charge in [0.25, 0.3) is 0 Å². The summed E-state index contributed by atoms with van der Waals surface area (Å²) in [6.45, 7) is 6.13. The van der Waals surface area contributed by atoms with Crippen LogP contribution in [0.1, 0.15) is 61.0 Å². The number of sulfonamides is 1. The molecule has 4 rings (SSSR count). The number of carbonyl (C=O) groups excluding carboxylic acids is 1. The van der Waals surface area contributed by atoms with Gasteiger partial charge in [0.05, 0.1) is 29.1 Å². The normalized spacial score (nSPS) is 16.0. The molecule has 1 heterocycles. The number of fused-ring (bicyclic) bond motifs is 1. The number of hydrogen-bond donors (Lipinski definition) is 3. The summed E-state index contributed by atoms with van der Waals surface area (Å²) >= 11 is 0. The van der Waals surface area contributed by atoms with Crippen LogP contribution in [0.25, 0.3) is 0 Å². The van der Waals surface area contributed by atoms with Gasteiger partial charge in [-0.05, 0) is 60.0 Å². The molecule has 1 aliphatic rings. The summed E-state index contributed by atoms with van der Waals surface area (Å²) in [7, 11) is -4.50. The molecule has 7 nitrogen and oxygen atoms in total. The van der Waals surface area contributed by atoms with Gasteiger partial charge < -0.3 is 15.4 Å². The molecule has 0 aliphatic carbocycles. The Hall–Kier alpha value is -3.48. The van der Waals surface area contributed by atoms with Crippen molar-refractivity contribution in [3.8, 4) is 5.75 Å². The molecular weight excluding hydrogens is 574 g/mol. The molecule has 3 aromatic carbocycles. The fourth-order valence-corrected chi connectivity index (χ4v) is 5.93. The number of nitrogens with one attached hydrogen (secondary N) is 3. The molecule has 3 N–H and O–H groups in total. The van der Waals surface area contributed by atoms with Gasteiger partial charge in [0.1, 0.15) is 11.6 Å². The number of halogens is 4. The number of amides is 1. The van der Waals surface area contributed by atoms with Gasteiger partial charge in [-0.15, -0.1) is 0 Å². The second kappa shape index (κ2) is 13.2. The van der Waals surface area contributed by atoms with E-state index in [4.69, 9.17) is 4.74 Å². The van der Waals surface area contributed by atoms with Crippen molar-refractivity contribution in [2.24, 2.45) is 5.92 Å². The number of carbonyl (C=O) groups is 1. The Morgan fingerprint density at radius 1 is 1.05 bits per heavy atom. The Kier molecular flexibility index (Phi) is 9.90. The molecule has 0 spiro atoms. The lowest BCUT2D eigenvalue weighted by Gasteiger charge is -2.28. The highest BCUT2D eigenvalue weighted by atomic mass is 32.2. The molecule has 1 aliphatic heterocycles. The Labute approximate surface area is 242 Å². The molecule has 1 amide bonds. The zero-order valence-corrected chi connectivity index (χ0v) is 24.0. The third-order valence-corrected chi connectivity index (χ3v) is 8.23. The van der Waals surface area contributed by atoms with E-state index < -0.39 is 50.5 Å². The van der Waals surface area contributed by atoms with E-state index in [1.54, 1.807) is 0 Å². The molecule has 0 bridgehead atoms. The first-order chi connectivity index (χ1) is 19.8. The first-order valence-electron chi connectivity index (χ1n) is 13.5. The van der Waals surface area contributed by atoms with Gasteiger partial charge in [-0.25, -0.2) is 17.5 Å². The van der Waals surface area contributed by atoms with Crippen molar-refractivity contribution in [2.75, 3.05) is 13.2 Å². The van der Waals surface area contributed by atoms with E-state index in [0.29, 0.717) is 37.3 Å². The van der Waals surface area contributed by atoms with Crippen LogP contribution in [0.2, 0.25) is 0 Å². The highest BCUT2D eigenvalue weighted by Gasteiger charge is 2.33. The Morgan fingerprint density at radius 3 is 2.48 bits per heavy atom. The second-order valence-electron chi connectivity index (χ2n) is 10.6. The van der Waals surface area contributed by atoms with Crippen LogP contribution in [0.4, 0.5) is 17.6 Å². The van der Waals surface area contributed by atoms with Crippen LogP contribution in [0.15, 0.2) is 71.6 Å². The summed E-state index contributed by atoms with van der Waals surface area (Å²) in [5.41, 5.74) is 0.957. The zero-order chi connectivity index (χ0) is 30.5. The lowest BCUT2D eigenvalue weighted by Crippen LogP contribution is -2.36. The molecule has 0 saturated carbocycles. The monoisotopic (exact) mass is 607 g/mol. The van der Waals surface area contributed by atoms with Crippen LogP contribution < -0.4 is 20.1 Å². The quantitative estimate of drug-likeness (QED) is 0.245. The number of rotatable bonds is 11. The van der Waals surface area contributed by atoms with Crippen molar-refractivity contribution in [2.45, 2.75) is 56.4 Å². The molecule has 226 valence electrons. The molecule has 42 heavy (non-hydrogen) atoms. The molecule has 0 radical (unpaired) electrons. The van der Waals surface area contributed by atoms with Crippen molar-refractivity contribution in [1.29, 1.82) is 0 Å². The smallest absolute Gasteiger partial charge is 0.416 e. The Balaban J connectivity index is 1.51. The van der Waals surface area contributed by atoms with Crippen molar-refractivity contribution in [3.63, 3.8) is 0 Å². The minimum atomic E-state index is -4.74. The van der Waals surface area contributed by atoms with E-state index >= 15 is 0 Å². The van der Waals surface area contributed by atoms with Gasteiger partial charge in [0, 0.05) is 24.9 Å². The van der Waals surface area contributed by atoms with Crippen molar-refractivity contribution < 1.29 is 35.5 Å². The van der Waals surface area contributed by atoms with E-state index in [2.05, 4.69) is 29.2 Å². The molecule has 0 saturated heterocycles. The highest BCUT2D eigenvalue weighted by Crippen LogP contribution is 2.34. The maximum atomic E-state index is 13.6. The van der Waals surface area contributed by atoms with Gasteiger partial charge in [0.2, 0.25) is 15.9 Å². The molecule has 0 fully saturated rings. The Morgan fingerprint density at radius 2 is 1.79 bits per heavy atom. The average molecular weight is 608 g/mol. The second-order valence-corrected chi connectivity index (χ2v) is 12.3. The minimum absolute atomic E-state index is 0.271. The van der Waals surface area contributed by atoms with Crippen LogP contribution in [-0.4, -0.2) is 27.5 Å². The van der Waals surface area contributed by atoms with E-state index in [-0.39, 0.29) is 12.0 Å². The first-order valence-corrected chi connectivity index (χ1v) is 15.0. The first kappa shape index (κ1) is 31.5. The summed E-state index contributed by atoms with van der Waals surface area (Å²) in [4.78, 5) is 12.6. The topological polar surface area (TPSA) is 96.5 Å². The number of hydrogen-bond acceptors (Lipinski definition) is 5. The van der Waals surface area contributed by atoms with Gasteiger partial charge in [0.15, 0.2) is 0 Å². The Bertz CT molecular complexity index is 1500. The largest absolute Gasteiger partial charge is 0.493 e. The third kappa shape index (κ3) is 8.30. The summed E-state index contributed by atoms with van der Waals surface area (Å²) in [6.07, 6.45) is -4.64. The zero-order valence-electron chi connectivity index (χ0n) is 23.2. The van der Waals surface area contributed by atoms with Crippen molar-refractivity contribution in [3.05, 3.63) is 94.8 Å². The third-order valence-electron chi connectivity index (χ3n) is 6.77. The van der Waals surface area contributed by atoms with Gasteiger partial charge >= 0.3 is 6.18 Å². The summed E-state index contributed by atoms with van der Waals surface area (Å²) < 4.78 is 87.7. The predicted octanol–water partition coefficient (Wildman–Crippen LogP) is 5.64. The number of alkyl halides is 3. The maximum Gasteiger partial charge on any atom is 0.416 e. The van der Waals surface area contributed by atoms with Crippen LogP contribution in [0.3, 0.4) is 0 Å². The predicted molar refractivity (Wildman–Crippen MR) is 150 cm³/mol. The molecule has 12 heteroatoms. The van der Waals surface area contributed by atoms with Crippen LogP contribution in [0, 0.1) is 11.7 Å². The number of ether oxygens (including phenoxy) is 1. The molecular formula is C30H33F4N3O4S. The molecule has 2 unspecified atom stereocenters. The molecule has 2 atom stereocenters. The lowest BCUT2D eigenvalue weighted by molar-refractivity contribution is -0.137. The average Bonchev–Trinajstić information content (AvgIpc) is 2.92. The van der Waals surface area contributed by atoms with Crippen LogP contribution in [-0.2, 0) is 27.5 Å². The van der Waals surface area contributed by atoms with Gasteiger partial charge in [-0.3, -0.25) is 4.79 Å². The molecule has 3 aromatic rings. The van der Waals surface area contributed by atoms with E-state index in [0.717, 1.165) is 48.0 Å². The van der Waals surface area contributed by atoms with Crippen molar-refractivity contribution >= 4 is 15.9 Å². The van der Waals surface area contributed by atoms with Crippen LogP contribution in [0.5, 0.6) is 5.75 Å². The number of benzene rings is 3. The molecule has 0 aromatic heterocycles. The van der Waals surface area contributed by atoms with Gasteiger partial charge in [-0.1, -0.05) is 44.2 Å². The van der Waals surface area contributed by atoms with Crippen molar-refractivity contribution in [1.82, 2.24) is 15.4 Å². The maximum absolute atomic E-state index is 13.6. The van der Waals surface area contributed by atoms with E-state index in [1.807, 2.05) is 18.2 Å². The lowest BCUT2D eigenvalue weighted by atomic mass is 9.97. The van der Waals surface area contributed by atoms with E-state index in [1.165, 1.54) is 12.1 Å². The van der Waals surface area contributed by atoms with Gasteiger partial charge in [-0.2, -0.15) is 13.2 Å².